The topological polar surface area (TPSA) is 30.5 Å². The first-order valence-electron chi connectivity index (χ1n) is 6.27. The molecular formula is C15H23NO2. The van der Waals surface area contributed by atoms with Crippen molar-refractivity contribution >= 4 is 0 Å². The van der Waals surface area contributed by atoms with Crippen molar-refractivity contribution in [3.8, 4) is 5.75 Å². The number of ether oxygens (including phenoxy) is 2. The molecule has 0 spiro atoms. The second kappa shape index (κ2) is 8.72. The minimum atomic E-state index is 0.628. The Morgan fingerprint density at radius 3 is 2.89 bits per heavy atom. The smallest absolute Gasteiger partial charge is 0.120 e. The Hall–Kier alpha value is -1.32. The minimum Gasteiger partial charge on any atom is -0.490 e. The molecule has 0 fully saturated rings. The molecule has 0 atom stereocenters. The second-order valence-electron chi connectivity index (χ2n) is 4.41. The number of rotatable bonds is 8. The molecule has 0 heterocycles. The van der Waals surface area contributed by atoms with Crippen LogP contribution < -0.4 is 10.1 Å². The fourth-order valence-electron chi connectivity index (χ4n) is 1.46. The standard InChI is InChI=1S/C15H23NO2/c1-13(2)7-9-18-15-6-4-5-14(11-15)12-16-8-10-17-3/h4-7,11,16H,8-10,12H2,1-3H3. The van der Waals surface area contributed by atoms with Gasteiger partial charge in [-0.1, -0.05) is 17.7 Å². The molecule has 0 unspecified atom stereocenters. The van der Waals surface area contributed by atoms with Crippen LogP contribution in [0.5, 0.6) is 5.75 Å². The van der Waals surface area contributed by atoms with Crippen LogP contribution in [0.15, 0.2) is 35.9 Å². The third-order valence-corrected chi connectivity index (χ3v) is 2.45. The summed E-state index contributed by atoms with van der Waals surface area (Å²) in [5, 5.41) is 3.31. The van der Waals surface area contributed by atoms with E-state index in [1.54, 1.807) is 7.11 Å². The SMILES string of the molecule is COCCNCc1cccc(OCC=C(C)C)c1. The summed E-state index contributed by atoms with van der Waals surface area (Å²) in [7, 11) is 1.71. The van der Waals surface area contributed by atoms with E-state index in [9.17, 15) is 0 Å². The normalized spacial score (nSPS) is 10.2. The van der Waals surface area contributed by atoms with Gasteiger partial charge in [0.2, 0.25) is 0 Å². The quantitative estimate of drug-likeness (QED) is 0.567. The molecule has 3 nitrogen and oxygen atoms in total. The predicted octanol–water partition coefficient (Wildman–Crippen LogP) is 2.77. The maximum absolute atomic E-state index is 5.66. The number of hydrogen-bond donors (Lipinski definition) is 1. The van der Waals surface area contributed by atoms with Crippen molar-refractivity contribution in [1.82, 2.24) is 5.32 Å². The monoisotopic (exact) mass is 249 g/mol. The van der Waals surface area contributed by atoms with E-state index in [1.165, 1.54) is 11.1 Å². The highest BCUT2D eigenvalue weighted by atomic mass is 16.5. The first kappa shape index (κ1) is 14.7. The van der Waals surface area contributed by atoms with Crippen LogP contribution in [0.1, 0.15) is 19.4 Å². The Morgan fingerprint density at radius 2 is 2.17 bits per heavy atom. The maximum Gasteiger partial charge on any atom is 0.120 e. The molecule has 100 valence electrons. The number of benzene rings is 1. The molecule has 0 aromatic heterocycles. The summed E-state index contributed by atoms with van der Waals surface area (Å²) >= 11 is 0. The molecule has 3 heteroatoms. The zero-order valence-corrected chi connectivity index (χ0v) is 11.5. The molecule has 1 rings (SSSR count). The van der Waals surface area contributed by atoms with Gasteiger partial charge in [-0.3, -0.25) is 0 Å². The van der Waals surface area contributed by atoms with Gasteiger partial charge >= 0.3 is 0 Å². The van der Waals surface area contributed by atoms with Crippen molar-refractivity contribution in [3.63, 3.8) is 0 Å². The molecule has 0 bridgehead atoms. The average molecular weight is 249 g/mol. The van der Waals surface area contributed by atoms with Crippen molar-refractivity contribution in [3.05, 3.63) is 41.5 Å². The molecule has 1 aromatic rings. The van der Waals surface area contributed by atoms with Gasteiger partial charge in [-0.05, 0) is 37.6 Å². The van der Waals surface area contributed by atoms with Crippen molar-refractivity contribution in [2.45, 2.75) is 20.4 Å². The number of hydrogen-bond acceptors (Lipinski definition) is 3. The fourth-order valence-corrected chi connectivity index (χ4v) is 1.46. The number of allylic oxidation sites excluding steroid dienone is 1. The number of methoxy groups -OCH3 is 1. The third-order valence-electron chi connectivity index (χ3n) is 2.45. The molecule has 0 saturated heterocycles. The first-order valence-corrected chi connectivity index (χ1v) is 6.27. The van der Waals surface area contributed by atoms with Gasteiger partial charge in [0.05, 0.1) is 6.61 Å². The third kappa shape index (κ3) is 6.42. The van der Waals surface area contributed by atoms with E-state index >= 15 is 0 Å². The van der Waals surface area contributed by atoms with E-state index in [1.807, 2.05) is 12.1 Å². The molecule has 1 aromatic carbocycles. The van der Waals surface area contributed by atoms with Crippen molar-refractivity contribution in [1.29, 1.82) is 0 Å². The van der Waals surface area contributed by atoms with Gasteiger partial charge in [-0.15, -0.1) is 0 Å². The zero-order chi connectivity index (χ0) is 13.2. The lowest BCUT2D eigenvalue weighted by Gasteiger charge is -2.07. The summed E-state index contributed by atoms with van der Waals surface area (Å²) in [6.07, 6.45) is 2.07. The lowest BCUT2D eigenvalue weighted by atomic mass is 10.2. The van der Waals surface area contributed by atoms with Crippen LogP contribution in [0.2, 0.25) is 0 Å². The van der Waals surface area contributed by atoms with Crippen molar-refractivity contribution in [2.75, 3.05) is 26.9 Å². The van der Waals surface area contributed by atoms with Crippen molar-refractivity contribution in [2.24, 2.45) is 0 Å². The second-order valence-corrected chi connectivity index (χ2v) is 4.41. The summed E-state index contributed by atoms with van der Waals surface area (Å²) < 4.78 is 10.6. The summed E-state index contributed by atoms with van der Waals surface area (Å²) in [6.45, 7) is 7.20. The number of nitrogens with one attached hydrogen (secondary N) is 1. The van der Waals surface area contributed by atoms with Crippen LogP contribution >= 0.6 is 0 Å². The van der Waals surface area contributed by atoms with Crippen LogP contribution in [0.3, 0.4) is 0 Å². The van der Waals surface area contributed by atoms with E-state index in [0.29, 0.717) is 6.61 Å². The molecule has 18 heavy (non-hydrogen) atoms. The van der Waals surface area contributed by atoms with Crippen LogP contribution in [-0.4, -0.2) is 26.9 Å². The fraction of sp³-hybridized carbons (Fsp3) is 0.467. The molecule has 0 aliphatic heterocycles. The molecule has 1 N–H and O–H groups in total. The molecule has 0 amide bonds. The van der Waals surface area contributed by atoms with E-state index in [2.05, 4.69) is 37.4 Å². The molecule has 0 radical (unpaired) electrons. The molecule has 0 saturated carbocycles. The summed E-state index contributed by atoms with van der Waals surface area (Å²) in [6, 6.07) is 8.16. The zero-order valence-electron chi connectivity index (χ0n) is 11.5. The van der Waals surface area contributed by atoms with Gasteiger partial charge in [-0.25, -0.2) is 0 Å². The summed E-state index contributed by atoms with van der Waals surface area (Å²) in [5.74, 6) is 0.915. The van der Waals surface area contributed by atoms with Gasteiger partial charge in [0.25, 0.3) is 0 Å². The van der Waals surface area contributed by atoms with Crippen molar-refractivity contribution < 1.29 is 9.47 Å². The van der Waals surface area contributed by atoms with Crippen LogP contribution in [0.25, 0.3) is 0 Å². The highest BCUT2D eigenvalue weighted by Gasteiger charge is 1.96. The summed E-state index contributed by atoms with van der Waals surface area (Å²) in [5.41, 5.74) is 2.49. The predicted molar refractivity (Wildman–Crippen MR) is 75.0 cm³/mol. The largest absolute Gasteiger partial charge is 0.490 e. The molecular weight excluding hydrogens is 226 g/mol. The van der Waals surface area contributed by atoms with Crippen LogP contribution in [0.4, 0.5) is 0 Å². The Kier molecular flexibility index (Phi) is 7.14. The Labute approximate surface area is 110 Å². The van der Waals surface area contributed by atoms with Crippen LogP contribution in [0, 0.1) is 0 Å². The van der Waals surface area contributed by atoms with Gasteiger partial charge in [0, 0.05) is 20.2 Å². The minimum absolute atomic E-state index is 0.628. The van der Waals surface area contributed by atoms with E-state index < -0.39 is 0 Å². The Balaban J connectivity index is 2.39. The molecule has 0 aliphatic rings. The van der Waals surface area contributed by atoms with E-state index in [0.717, 1.165) is 25.4 Å². The highest BCUT2D eigenvalue weighted by molar-refractivity contribution is 5.28. The van der Waals surface area contributed by atoms with Gasteiger partial charge in [-0.2, -0.15) is 0 Å². The Morgan fingerprint density at radius 1 is 1.33 bits per heavy atom. The Bertz CT molecular complexity index is 371. The highest BCUT2D eigenvalue weighted by Crippen LogP contribution is 2.13. The molecule has 0 aliphatic carbocycles. The average Bonchev–Trinajstić information content (AvgIpc) is 2.35. The maximum atomic E-state index is 5.66. The lowest BCUT2D eigenvalue weighted by molar-refractivity contribution is 0.199. The first-order chi connectivity index (χ1) is 8.72. The van der Waals surface area contributed by atoms with Crippen LogP contribution in [-0.2, 0) is 11.3 Å². The van der Waals surface area contributed by atoms with E-state index in [4.69, 9.17) is 9.47 Å². The van der Waals surface area contributed by atoms with Gasteiger partial charge < -0.3 is 14.8 Å². The van der Waals surface area contributed by atoms with Gasteiger partial charge in [0.15, 0.2) is 0 Å². The lowest BCUT2D eigenvalue weighted by Crippen LogP contribution is -2.18. The van der Waals surface area contributed by atoms with E-state index in [-0.39, 0.29) is 0 Å². The van der Waals surface area contributed by atoms with Gasteiger partial charge in [0.1, 0.15) is 12.4 Å². The summed E-state index contributed by atoms with van der Waals surface area (Å²) in [4.78, 5) is 0.